The van der Waals surface area contributed by atoms with Gasteiger partial charge in [0.25, 0.3) is 0 Å². The van der Waals surface area contributed by atoms with Crippen molar-refractivity contribution in [2.24, 2.45) is 17.6 Å². The van der Waals surface area contributed by atoms with Crippen molar-refractivity contribution < 1.29 is 4.52 Å². The smallest absolute Gasteiger partial charge is 0.233 e. The van der Waals surface area contributed by atoms with Crippen molar-refractivity contribution in [3.8, 4) is 0 Å². The van der Waals surface area contributed by atoms with Gasteiger partial charge in [0.1, 0.15) is 0 Å². The third kappa shape index (κ3) is 1.79. The molecule has 4 nitrogen and oxygen atoms in total. The molecular formula is C13H21N3O. The van der Waals surface area contributed by atoms with Crippen LogP contribution in [0.25, 0.3) is 0 Å². The van der Waals surface area contributed by atoms with E-state index in [1.165, 1.54) is 25.7 Å². The number of rotatable bonds is 3. The third-order valence-corrected chi connectivity index (χ3v) is 4.60. The van der Waals surface area contributed by atoms with Crippen LogP contribution in [-0.4, -0.2) is 16.7 Å². The van der Waals surface area contributed by atoms with Gasteiger partial charge in [0.2, 0.25) is 5.89 Å². The molecule has 0 saturated heterocycles. The molecule has 0 radical (unpaired) electrons. The molecule has 1 aromatic heterocycles. The molecule has 0 aliphatic heterocycles. The first-order valence-corrected chi connectivity index (χ1v) is 6.64. The second-order valence-corrected chi connectivity index (χ2v) is 6.33. The average Bonchev–Trinajstić information content (AvgIpc) is 3.03. The Morgan fingerprint density at radius 3 is 2.76 bits per heavy atom. The molecule has 0 aromatic carbocycles. The lowest BCUT2D eigenvalue weighted by molar-refractivity contribution is 0.304. The van der Waals surface area contributed by atoms with Crippen LogP contribution in [0, 0.1) is 11.8 Å². The summed E-state index contributed by atoms with van der Waals surface area (Å²) < 4.78 is 5.40. The molecule has 94 valence electrons. The van der Waals surface area contributed by atoms with Gasteiger partial charge in [-0.2, -0.15) is 4.98 Å². The van der Waals surface area contributed by atoms with Gasteiger partial charge in [0.05, 0.1) is 5.41 Å². The van der Waals surface area contributed by atoms with Crippen LogP contribution in [0.15, 0.2) is 4.52 Å². The summed E-state index contributed by atoms with van der Waals surface area (Å²) in [5, 5.41) is 4.19. The number of aromatic nitrogens is 2. The fourth-order valence-electron chi connectivity index (χ4n) is 3.31. The number of hydrogen-bond donors (Lipinski definition) is 1. The van der Waals surface area contributed by atoms with Crippen molar-refractivity contribution in [2.75, 3.05) is 6.54 Å². The van der Waals surface area contributed by atoms with Gasteiger partial charge >= 0.3 is 0 Å². The van der Waals surface area contributed by atoms with Crippen molar-refractivity contribution in [1.82, 2.24) is 10.1 Å². The summed E-state index contributed by atoms with van der Waals surface area (Å²) in [4.78, 5) is 4.60. The van der Waals surface area contributed by atoms with E-state index < -0.39 is 0 Å². The Balaban J connectivity index is 1.81. The molecule has 4 heteroatoms. The minimum absolute atomic E-state index is 0.205. The van der Waals surface area contributed by atoms with E-state index in [4.69, 9.17) is 10.3 Å². The molecule has 2 N–H and O–H groups in total. The second-order valence-electron chi connectivity index (χ2n) is 6.33. The predicted octanol–water partition coefficient (Wildman–Crippen LogP) is 2.21. The molecule has 0 spiro atoms. The van der Waals surface area contributed by atoms with Gasteiger partial charge < -0.3 is 10.3 Å². The van der Waals surface area contributed by atoms with Crippen molar-refractivity contribution in [2.45, 2.75) is 50.9 Å². The summed E-state index contributed by atoms with van der Waals surface area (Å²) in [6.45, 7) is 4.63. The van der Waals surface area contributed by atoms with Crippen LogP contribution >= 0.6 is 0 Å². The van der Waals surface area contributed by atoms with Crippen LogP contribution in [0.2, 0.25) is 0 Å². The summed E-state index contributed by atoms with van der Waals surface area (Å²) >= 11 is 0. The minimum Gasteiger partial charge on any atom is -0.339 e. The summed E-state index contributed by atoms with van der Waals surface area (Å²) in [6, 6.07) is 0. The van der Waals surface area contributed by atoms with Crippen LogP contribution in [-0.2, 0) is 5.41 Å². The average molecular weight is 235 g/mol. The van der Waals surface area contributed by atoms with Gasteiger partial charge in [0.15, 0.2) is 5.82 Å². The first-order valence-electron chi connectivity index (χ1n) is 6.64. The van der Waals surface area contributed by atoms with Crippen LogP contribution in [0.3, 0.4) is 0 Å². The largest absolute Gasteiger partial charge is 0.339 e. The summed E-state index contributed by atoms with van der Waals surface area (Å²) in [7, 11) is 0. The maximum Gasteiger partial charge on any atom is 0.233 e. The molecule has 2 aliphatic rings. The highest BCUT2D eigenvalue weighted by atomic mass is 16.5. The molecule has 2 fully saturated rings. The molecule has 1 aromatic rings. The SMILES string of the molecule is CC(C)(CN)c1nc(C2CC3CCC2C3)no1. The third-order valence-electron chi connectivity index (χ3n) is 4.60. The molecule has 2 bridgehead atoms. The van der Waals surface area contributed by atoms with E-state index in [1.54, 1.807) is 0 Å². The molecule has 3 rings (SSSR count). The summed E-state index contributed by atoms with van der Waals surface area (Å²) in [5.41, 5.74) is 5.53. The van der Waals surface area contributed by atoms with Gasteiger partial charge in [-0.1, -0.05) is 11.6 Å². The lowest BCUT2D eigenvalue weighted by Crippen LogP contribution is -2.28. The summed E-state index contributed by atoms with van der Waals surface area (Å²) in [5.74, 6) is 3.87. The molecule has 3 unspecified atom stereocenters. The van der Waals surface area contributed by atoms with Crippen molar-refractivity contribution in [3.05, 3.63) is 11.7 Å². The Labute approximate surface area is 102 Å². The quantitative estimate of drug-likeness (QED) is 0.872. The Morgan fingerprint density at radius 1 is 1.35 bits per heavy atom. The minimum atomic E-state index is -0.205. The fourth-order valence-corrected chi connectivity index (χ4v) is 3.31. The highest BCUT2D eigenvalue weighted by molar-refractivity contribution is 5.09. The van der Waals surface area contributed by atoms with Gasteiger partial charge in [-0.3, -0.25) is 0 Å². The fraction of sp³-hybridized carbons (Fsp3) is 0.846. The van der Waals surface area contributed by atoms with Gasteiger partial charge in [-0.15, -0.1) is 0 Å². The first kappa shape index (κ1) is 11.2. The highest BCUT2D eigenvalue weighted by Gasteiger charge is 2.42. The van der Waals surface area contributed by atoms with E-state index >= 15 is 0 Å². The monoisotopic (exact) mass is 235 g/mol. The maximum absolute atomic E-state index is 5.73. The molecule has 17 heavy (non-hydrogen) atoms. The van der Waals surface area contributed by atoms with E-state index in [2.05, 4.69) is 10.1 Å². The van der Waals surface area contributed by atoms with E-state index in [9.17, 15) is 0 Å². The zero-order valence-electron chi connectivity index (χ0n) is 10.6. The molecule has 2 saturated carbocycles. The van der Waals surface area contributed by atoms with Gasteiger partial charge in [-0.05, 0) is 44.9 Å². The molecular weight excluding hydrogens is 214 g/mol. The zero-order valence-corrected chi connectivity index (χ0v) is 10.6. The molecule has 3 atom stereocenters. The van der Waals surface area contributed by atoms with E-state index in [0.717, 1.165) is 17.7 Å². The Morgan fingerprint density at radius 2 is 2.18 bits per heavy atom. The highest BCUT2D eigenvalue weighted by Crippen LogP contribution is 2.52. The number of nitrogens with zero attached hydrogens (tertiary/aromatic N) is 2. The van der Waals surface area contributed by atoms with Crippen molar-refractivity contribution in [1.29, 1.82) is 0 Å². The van der Waals surface area contributed by atoms with E-state index in [-0.39, 0.29) is 5.41 Å². The zero-order chi connectivity index (χ0) is 12.0. The Bertz CT molecular complexity index is 413. The van der Waals surface area contributed by atoms with Gasteiger partial charge in [-0.25, -0.2) is 0 Å². The number of fused-ring (bicyclic) bond motifs is 2. The normalized spacial score (nSPS) is 32.3. The Kier molecular flexibility index (Phi) is 2.51. The standard InChI is InChI=1S/C13H21N3O/c1-13(2,7-14)12-15-11(16-17-12)10-6-8-3-4-9(10)5-8/h8-10H,3-7,14H2,1-2H3. The van der Waals surface area contributed by atoms with Crippen molar-refractivity contribution >= 4 is 0 Å². The molecule has 0 amide bonds. The lowest BCUT2D eigenvalue weighted by atomic mass is 9.88. The number of nitrogens with two attached hydrogens (primary N) is 1. The van der Waals surface area contributed by atoms with Crippen LogP contribution < -0.4 is 5.73 Å². The lowest BCUT2D eigenvalue weighted by Gasteiger charge is -2.18. The topological polar surface area (TPSA) is 64.9 Å². The van der Waals surface area contributed by atoms with E-state index in [0.29, 0.717) is 18.4 Å². The van der Waals surface area contributed by atoms with Crippen LogP contribution in [0.5, 0.6) is 0 Å². The predicted molar refractivity (Wildman–Crippen MR) is 64.6 cm³/mol. The maximum atomic E-state index is 5.73. The Hall–Kier alpha value is -0.900. The van der Waals surface area contributed by atoms with Gasteiger partial charge in [0, 0.05) is 12.5 Å². The molecule has 1 heterocycles. The van der Waals surface area contributed by atoms with Crippen molar-refractivity contribution in [3.63, 3.8) is 0 Å². The summed E-state index contributed by atoms with van der Waals surface area (Å²) in [6.07, 6.45) is 5.38. The molecule has 2 aliphatic carbocycles. The van der Waals surface area contributed by atoms with Crippen LogP contribution in [0.1, 0.15) is 57.2 Å². The first-order chi connectivity index (χ1) is 8.10. The van der Waals surface area contributed by atoms with E-state index in [1.807, 2.05) is 13.8 Å². The second kappa shape index (κ2) is 3.80. The number of hydrogen-bond acceptors (Lipinski definition) is 4. The van der Waals surface area contributed by atoms with Crippen LogP contribution in [0.4, 0.5) is 0 Å².